The van der Waals surface area contributed by atoms with Gasteiger partial charge >= 0.3 is 11.9 Å². The number of aromatic nitrogens is 1. The molecule has 1 N–H and O–H groups in total. The van der Waals surface area contributed by atoms with Gasteiger partial charge < -0.3 is 14.6 Å². The predicted molar refractivity (Wildman–Crippen MR) is 161 cm³/mol. The number of aryl methyl sites for hydroxylation is 3. The zero-order chi connectivity index (χ0) is 30.0. The first-order valence-electron chi connectivity index (χ1n) is 13.5. The van der Waals surface area contributed by atoms with Crippen molar-refractivity contribution in [3.8, 4) is 5.75 Å². The lowest BCUT2D eigenvalue weighted by Gasteiger charge is -2.23. The van der Waals surface area contributed by atoms with E-state index in [-0.39, 0.29) is 21.3 Å². The number of hydrogen-bond acceptors (Lipinski definition) is 8. The number of nitrogens with zero attached hydrogens (tertiary/aromatic N) is 2. The van der Waals surface area contributed by atoms with E-state index >= 15 is 0 Å². The molecule has 1 aliphatic rings. The van der Waals surface area contributed by atoms with Crippen LogP contribution in [-0.4, -0.2) is 34.9 Å². The summed E-state index contributed by atoms with van der Waals surface area (Å²) in [5.74, 6) is -1.94. The first kappa shape index (κ1) is 28.8. The van der Waals surface area contributed by atoms with Crippen LogP contribution in [0.1, 0.15) is 56.1 Å². The number of carbonyl (C=O) groups is 3. The number of aliphatic hydroxyl groups excluding tert-OH is 1. The van der Waals surface area contributed by atoms with E-state index < -0.39 is 23.7 Å². The summed E-state index contributed by atoms with van der Waals surface area (Å²) in [4.78, 5) is 45.3. The van der Waals surface area contributed by atoms with Gasteiger partial charge in [-0.2, -0.15) is 0 Å². The molecule has 1 saturated heterocycles. The average Bonchev–Trinajstić information content (AvgIpc) is 3.52. The van der Waals surface area contributed by atoms with Gasteiger partial charge in [-0.1, -0.05) is 72.9 Å². The van der Waals surface area contributed by atoms with Crippen LogP contribution in [0.25, 0.3) is 5.76 Å². The van der Waals surface area contributed by atoms with Gasteiger partial charge in [-0.15, -0.1) is 0 Å². The SMILES string of the molecule is CCc1ccc([C@H]2/C(=C(\O)c3ccc(OCc4ccccc4)c(C)c3)C(=O)C(=O)N2c2nc(C)c(C(=O)OC)s2)cc1. The van der Waals surface area contributed by atoms with Crippen LogP contribution in [-0.2, 0) is 27.4 Å². The van der Waals surface area contributed by atoms with Crippen LogP contribution in [0.4, 0.5) is 5.13 Å². The van der Waals surface area contributed by atoms with E-state index in [9.17, 15) is 19.5 Å². The van der Waals surface area contributed by atoms with Crippen LogP contribution in [0.5, 0.6) is 5.75 Å². The van der Waals surface area contributed by atoms with Gasteiger partial charge in [0.25, 0.3) is 5.78 Å². The molecule has 42 heavy (non-hydrogen) atoms. The van der Waals surface area contributed by atoms with Gasteiger partial charge in [0.15, 0.2) is 5.13 Å². The number of Topliss-reactive ketones (excluding diaryl/α,β-unsaturated/α-hetero) is 1. The van der Waals surface area contributed by atoms with Crippen molar-refractivity contribution < 1.29 is 29.0 Å². The van der Waals surface area contributed by atoms with Crippen molar-refractivity contribution in [3.05, 3.63) is 117 Å². The Morgan fingerprint density at radius 3 is 2.36 bits per heavy atom. The fraction of sp³-hybridized carbons (Fsp3) is 0.212. The van der Waals surface area contributed by atoms with Gasteiger partial charge in [-0.25, -0.2) is 9.78 Å². The topological polar surface area (TPSA) is 106 Å². The zero-order valence-electron chi connectivity index (χ0n) is 23.7. The first-order valence-corrected chi connectivity index (χ1v) is 14.3. The Bertz CT molecular complexity index is 1690. The Kier molecular flexibility index (Phi) is 8.22. The van der Waals surface area contributed by atoms with Crippen molar-refractivity contribution in [2.24, 2.45) is 0 Å². The minimum Gasteiger partial charge on any atom is -0.507 e. The lowest BCUT2D eigenvalue weighted by atomic mass is 9.94. The number of thiazole rings is 1. The fourth-order valence-corrected chi connectivity index (χ4v) is 5.91. The van der Waals surface area contributed by atoms with Crippen LogP contribution < -0.4 is 9.64 Å². The largest absolute Gasteiger partial charge is 0.507 e. The van der Waals surface area contributed by atoms with E-state index in [2.05, 4.69) is 4.98 Å². The Hall–Kier alpha value is -4.76. The summed E-state index contributed by atoms with van der Waals surface area (Å²) in [7, 11) is 1.27. The molecule has 3 aromatic carbocycles. The minimum absolute atomic E-state index is 0.0610. The second kappa shape index (κ2) is 12.0. The lowest BCUT2D eigenvalue weighted by molar-refractivity contribution is -0.132. The number of ketones is 1. The van der Waals surface area contributed by atoms with E-state index in [1.807, 2.05) is 68.4 Å². The summed E-state index contributed by atoms with van der Waals surface area (Å²) in [6, 6.07) is 21.5. The van der Waals surface area contributed by atoms with Crippen molar-refractivity contribution in [1.29, 1.82) is 0 Å². The highest BCUT2D eigenvalue weighted by molar-refractivity contribution is 7.17. The molecule has 9 heteroatoms. The molecule has 0 bridgehead atoms. The second-order valence-corrected chi connectivity index (χ2v) is 10.9. The number of carbonyl (C=O) groups excluding carboxylic acids is 3. The third kappa shape index (κ3) is 5.43. The highest BCUT2D eigenvalue weighted by atomic mass is 32.1. The zero-order valence-corrected chi connectivity index (χ0v) is 24.5. The van der Waals surface area contributed by atoms with Gasteiger partial charge in [0.2, 0.25) is 0 Å². The minimum atomic E-state index is -0.957. The maximum absolute atomic E-state index is 13.6. The van der Waals surface area contributed by atoms with Gasteiger partial charge in [0.1, 0.15) is 23.0 Å². The maximum Gasteiger partial charge on any atom is 0.350 e. The molecule has 1 aliphatic heterocycles. The average molecular weight is 583 g/mol. The molecule has 0 unspecified atom stereocenters. The summed E-state index contributed by atoms with van der Waals surface area (Å²) in [5, 5.41) is 11.7. The van der Waals surface area contributed by atoms with Gasteiger partial charge in [0.05, 0.1) is 24.4 Å². The van der Waals surface area contributed by atoms with E-state index in [1.165, 1.54) is 12.0 Å². The first-order chi connectivity index (χ1) is 20.2. The number of aliphatic hydroxyl groups is 1. The number of amides is 1. The highest BCUT2D eigenvalue weighted by Crippen LogP contribution is 2.44. The second-order valence-electron chi connectivity index (χ2n) is 9.92. The summed E-state index contributed by atoms with van der Waals surface area (Å²) in [6.07, 6.45) is 0.812. The van der Waals surface area contributed by atoms with Crippen molar-refractivity contribution in [2.75, 3.05) is 12.0 Å². The Labute approximate surface area is 247 Å². The molecule has 0 aliphatic carbocycles. The van der Waals surface area contributed by atoms with Crippen molar-refractivity contribution in [1.82, 2.24) is 4.98 Å². The monoisotopic (exact) mass is 582 g/mol. The number of ether oxygens (including phenoxy) is 2. The molecule has 214 valence electrons. The van der Waals surface area contributed by atoms with Crippen molar-refractivity contribution >= 4 is 39.9 Å². The predicted octanol–water partition coefficient (Wildman–Crippen LogP) is 6.31. The number of methoxy groups -OCH3 is 1. The van der Waals surface area contributed by atoms with E-state index in [0.29, 0.717) is 29.2 Å². The molecule has 0 radical (unpaired) electrons. The maximum atomic E-state index is 13.6. The van der Waals surface area contributed by atoms with Crippen LogP contribution in [0.3, 0.4) is 0 Å². The molecule has 1 aromatic heterocycles. The molecule has 5 rings (SSSR count). The lowest BCUT2D eigenvalue weighted by Crippen LogP contribution is -2.29. The van der Waals surface area contributed by atoms with Gasteiger partial charge in [0, 0.05) is 5.56 Å². The number of anilines is 1. The van der Waals surface area contributed by atoms with Gasteiger partial charge in [-0.05, 0) is 60.7 Å². The highest BCUT2D eigenvalue weighted by Gasteiger charge is 2.48. The van der Waals surface area contributed by atoms with E-state index in [4.69, 9.17) is 9.47 Å². The smallest absolute Gasteiger partial charge is 0.350 e. The van der Waals surface area contributed by atoms with Crippen molar-refractivity contribution in [2.45, 2.75) is 39.8 Å². The molecule has 1 amide bonds. The summed E-state index contributed by atoms with van der Waals surface area (Å²) in [5.41, 5.74) is 4.17. The molecule has 0 saturated carbocycles. The molecule has 1 fully saturated rings. The van der Waals surface area contributed by atoms with E-state index in [1.54, 1.807) is 25.1 Å². The number of benzene rings is 3. The molecule has 1 atom stereocenters. The van der Waals surface area contributed by atoms with Gasteiger partial charge in [-0.3, -0.25) is 14.5 Å². The van der Waals surface area contributed by atoms with Crippen LogP contribution >= 0.6 is 11.3 Å². The molecular formula is C33H30N2O6S. The Balaban J connectivity index is 1.57. The number of rotatable bonds is 8. The molecular weight excluding hydrogens is 552 g/mol. The summed E-state index contributed by atoms with van der Waals surface area (Å²) >= 11 is 0.965. The van der Waals surface area contributed by atoms with E-state index in [0.717, 1.165) is 34.4 Å². The standard InChI is InChI=1S/C33H30N2O6S/c1-5-21-11-13-23(14-12-21)27-26(29(37)31(38)35(27)33-34-20(3)30(42-33)32(39)40-4)28(36)24-15-16-25(19(2)17-24)41-18-22-9-7-6-8-10-22/h6-17,27,36H,5,18H2,1-4H3/b28-26+/t27-/m0/s1. The Morgan fingerprint density at radius 2 is 1.71 bits per heavy atom. The number of hydrogen-bond donors (Lipinski definition) is 1. The quantitative estimate of drug-likeness (QED) is 0.112. The molecule has 2 heterocycles. The van der Waals surface area contributed by atoms with Crippen LogP contribution in [0.15, 0.2) is 78.4 Å². The third-order valence-corrected chi connectivity index (χ3v) is 8.33. The Morgan fingerprint density at radius 1 is 1.00 bits per heavy atom. The third-order valence-electron chi connectivity index (χ3n) is 7.20. The molecule has 0 spiro atoms. The normalized spacial score (nSPS) is 16.1. The van der Waals surface area contributed by atoms with Crippen LogP contribution in [0, 0.1) is 13.8 Å². The molecule has 4 aromatic rings. The summed E-state index contributed by atoms with van der Waals surface area (Å²) in [6.45, 7) is 5.90. The molecule has 8 nitrogen and oxygen atoms in total. The van der Waals surface area contributed by atoms with Crippen LogP contribution in [0.2, 0.25) is 0 Å². The van der Waals surface area contributed by atoms with Crippen molar-refractivity contribution in [3.63, 3.8) is 0 Å². The number of esters is 1. The summed E-state index contributed by atoms with van der Waals surface area (Å²) < 4.78 is 10.8. The fourth-order valence-electron chi connectivity index (χ4n) is 4.90.